The average Bonchev–Trinajstić information content (AvgIpc) is 2.44. The first kappa shape index (κ1) is 15.4. The van der Waals surface area contributed by atoms with E-state index < -0.39 is 0 Å². The molecule has 1 aromatic heterocycles. The van der Waals surface area contributed by atoms with Gasteiger partial charge in [-0.3, -0.25) is 4.98 Å². The van der Waals surface area contributed by atoms with Crippen LogP contribution < -0.4 is 9.47 Å². The van der Waals surface area contributed by atoms with Gasteiger partial charge in [0.15, 0.2) is 0 Å². The third-order valence-electron chi connectivity index (χ3n) is 3.29. The van der Waals surface area contributed by atoms with Crippen molar-refractivity contribution in [3.8, 4) is 11.5 Å². The van der Waals surface area contributed by atoms with Crippen LogP contribution in [0.15, 0.2) is 36.4 Å². The van der Waals surface area contributed by atoms with E-state index in [1.54, 1.807) is 7.11 Å². The Kier molecular flexibility index (Phi) is 4.51. The van der Waals surface area contributed by atoms with Gasteiger partial charge in [-0.2, -0.15) is 0 Å². The van der Waals surface area contributed by atoms with E-state index in [1.807, 2.05) is 37.3 Å². The molecule has 3 heteroatoms. The van der Waals surface area contributed by atoms with Crippen LogP contribution in [0.4, 0.5) is 0 Å². The molecule has 0 saturated heterocycles. The molecule has 1 aromatic carbocycles. The van der Waals surface area contributed by atoms with Crippen molar-refractivity contribution in [3.63, 3.8) is 0 Å². The topological polar surface area (TPSA) is 31.4 Å². The molecule has 0 amide bonds. The number of methoxy groups -OCH3 is 1. The Labute approximate surface area is 126 Å². The summed E-state index contributed by atoms with van der Waals surface area (Å²) in [4.78, 5) is 4.48. The van der Waals surface area contributed by atoms with Crippen LogP contribution in [0.5, 0.6) is 11.5 Å². The number of para-hydroxylation sites is 1. The Morgan fingerprint density at radius 1 is 1.10 bits per heavy atom. The van der Waals surface area contributed by atoms with E-state index in [4.69, 9.17) is 9.47 Å². The Morgan fingerprint density at radius 3 is 2.48 bits per heavy atom. The van der Waals surface area contributed by atoms with Crippen LogP contribution in [0.25, 0.3) is 0 Å². The maximum Gasteiger partial charge on any atom is 0.130 e. The first-order valence-corrected chi connectivity index (χ1v) is 7.14. The minimum atomic E-state index is 0.0499. The highest BCUT2D eigenvalue weighted by atomic mass is 16.5. The molecule has 0 aliphatic heterocycles. The highest BCUT2D eigenvalue weighted by Gasteiger charge is 2.18. The minimum Gasteiger partial charge on any atom is -0.497 e. The van der Waals surface area contributed by atoms with Crippen molar-refractivity contribution in [2.75, 3.05) is 7.11 Å². The molecule has 0 aliphatic carbocycles. The van der Waals surface area contributed by atoms with Crippen molar-refractivity contribution < 1.29 is 9.47 Å². The lowest BCUT2D eigenvalue weighted by atomic mass is 9.86. The first-order valence-electron chi connectivity index (χ1n) is 7.14. The average molecular weight is 285 g/mol. The normalized spacial score (nSPS) is 11.3. The summed E-state index contributed by atoms with van der Waals surface area (Å²) < 4.78 is 11.3. The molecule has 0 aliphatic rings. The van der Waals surface area contributed by atoms with E-state index in [9.17, 15) is 0 Å². The summed E-state index contributed by atoms with van der Waals surface area (Å²) >= 11 is 0. The van der Waals surface area contributed by atoms with Gasteiger partial charge in [-0.1, -0.05) is 39.0 Å². The number of hydrogen-bond donors (Lipinski definition) is 0. The van der Waals surface area contributed by atoms with E-state index in [0.29, 0.717) is 6.61 Å². The van der Waals surface area contributed by atoms with Crippen LogP contribution in [0.1, 0.15) is 37.7 Å². The van der Waals surface area contributed by atoms with Crippen LogP contribution in [0, 0.1) is 6.92 Å². The lowest BCUT2D eigenvalue weighted by molar-refractivity contribution is 0.291. The summed E-state index contributed by atoms with van der Waals surface area (Å²) in [5.74, 6) is 1.72. The molecular formula is C18H23NO2. The molecule has 2 aromatic rings. The van der Waals surface area contributed by atoms with Gasteiger partial charge >= 0.3 is 0 Å². The van der Waals surface area contributed by atoms with Gasteiger partial charge < -0.3 is 9.47 Å². The molecule has 0 atom stereocenters. The van der Waals surface area contributed by atoms with Gasteiger partial charge in [0, 0.05) is 17.8 Å². The first-order chi connectivity index (χ1) is 9.90. The highest BCUT2D eigenvalue weighted by molar-refractivity contribution is 5.38. The number of aromatic nitrogens is 1. The zero-order valence-electron chi connectivity index (χ0n) is 13.4. The molecule has 21 heavy (non-hydrogen) atoms. The maximum atomic E-state index is 5.99. The molecule has 0 radical (unpaired) electrons. The minimum absolute atomic E-state index is 0.0499. The fourth-order valence-corrected chi connectivity index (χ4v) is 2.26. The number of aryl methyl sites for hydroxylation is 1. The second-order valence-corrected chi connectivity index (χ2v) is 6.17. The molecule has 0 unspecified atom stereocenters. The van der Waals surface area contributed by atoms with Crippen molar-refractivity contribution in [2.45, 2.75) is 39.7 Å². The SMILES string of the molecule is COc1cc(C)nc(COc2ccccc2C(C)(C)C)c1. The van der Waals surface area contributed by atoms with Crippen LogP contribution in [0.2, 0.25) is 0 Å². The Morgan fingerprint density at radius 2 is 1.81 bits per heavy atom. The molecule has 0 saturated carbocycles. The largest absolute Gasteiger partial charge is 0.497 e. The van der Waals surface area contributed by atoms with Crippen LogP contribution in [-0.2, 0) is 12.0 Å². The van der Waals surface area contributed by atoms with Crippen LogP contribution >= 0.6 is 0 Å². The summed E-state index contributed by atoms with van der Waals surface area (Å²) in [5.41, 5.74) is 3.05. The molecule has 0 fully saturated rings. The maximum absolute atomic E-state index is 5.99. The summed E-state index contributed by atoms with van der Waals surface area (Å²) in [5, 5.41) is 0. The molecule has 1 heterocycles. The summed E-state index contributed by atoms with van der Waals surface area (Å²) in [6.45, 7) is 8.94. The molecular weight excluding hydrogens is 262 g/mol. The van der Waals surface area contributed by atoms with Crippen molar-refractivity contribution in [1.82, 2.24) is 4.98 Å². The van der Waals surface area contributed by atoms with Gasteiger partial charge in [-0.05, 0) is 24.0 Å². The third kappa shape index (κ3) is 3.97. The van der Waals surface area contributed by atoms with Gasteiger partial charge in [0.05, 0.1) is 12.8 Å². The Bertz CT molecular complexity index is 615. The fraction of sp³-hybridized carbons (Fsp3) is 0.389. The van der Waals surface area contributed by atoms with Gasteiger partial charge in [0.2, 0.25) is 0 Å². The molecule has 112 valence electrons. The molecule has 2 rings (SSSR count). The fourth-order valence-electron chi connectivity index (χ4n) is 2.26. The van der Waals surface area contributed by atoms with Crippen molar-refractivity contribution in [2.24, 2.45) is 0 Å². The van der Waals surface area contributed by atoms with E-state index in [-0.39, 0.29) is 5.41 Å². The molecule has 0 N–H and O–H groups in total. The smallest absolute Gasteiger partial charge is 0.130 e. The second kappa shape index (κ2) is 6.17. The van der Waals surface area contributed by atoms with Gasteiger partial charge in [-0.25, -0.2) is 0 Å². The lowest BCUT2D eigenvalue weighted by Crippen LogP contribution is -2.13. The summed E-state index contributed by atoms with van der Waals surface area (Å²) in [6, 6.07) is 12.0. The third-order valence-corrected chi connectivity index (χ3v) is 3.29. The Hall–Kier alpha value is -2.03. The van der Waals surface area contributed by atoms with Gasteiger partial charge in [-0.15, -0.1) is 0 Å². The Balaban J connectivity index is 2.19. The number of nitrogens with zero attached hydrogens (tertiary/aromatic N) is 1. The van der Waals surface area contributed by atoms with E-state index in [0.717, 1.165) is 22.9 Å². The van der Waals surface area contributed by atoms with Gasteiger partial charge in [0.1, 0.15) is 18.1 Å². The lowest BCUT2D eigenvalue weighted by Gasteiger charge is -2.22. The number of pyridine rings is 1. The predicted molar refractivity (Wildman–Crippen MR) is 85.0 cm³/mol. The monoisotopic (exact) mass is 285 g/mol. The highest BCUT2D eigenvalue weighted by Crippen LogP contribution is 2.31. The quantitative estimate of drug-likeness (QED) is 0.840. The van der Waals surface area contributed by atoms with Crippen molar-refractivity contribution >= 4 is 0 Å². The number of rotatable bonds is 4. The molecule has 3 nitrogen and oxygen atoms in total. The number of benzene rings is 1. The second-order valence-electron chi connectivity index (χ2n) is 6.17. The molecule has 0 bridgehead atoms. The van der Waals surface area contributed by atoms with Crippen molar-refractivity contribution in [3.05, 3.63) is 53.3 Å². The zero-order chi connectivity index (χ0) is 15.5. The predicted octanol–water partition coefficient (Wildman–Crippen LogP) is 4.28. The number of hydrogen-bond acceptors (Lipinski definition) is 3. The van der Waals surface area contributed by atoms with Crippen molar-refractivity contribution in [1.29, 1.82) is 0 Å². The zero-order valence-corrected chi connectivity index (χ0v) is 13.4. The number of ether oxygens (including phenoxy) is 2. The molecule has 0 spiro atoms. The standard InChI is InChI=1S/C18H23NO2/c1-13-10-15(20-5)11-14(19-13)12-21-17-9-7-6-8-16(17)18(2,3)4/h6-11H,12H2,1-5H3. The van der Waals surface area contributed by atoms with Gasteiger partial charge in [0.25, 0.3) is 0 Å². The van der Waals surface area contributed by atoms with Crippen LogP contribution in [0.3, 0.4) is 0 Å². The van der Waals surface area contributed by atoms with Crippen LogP contribution in [-0.4, -0.2) is 12.1 Å². The summed E-state index contributed by atoms with van der Waals surface area (Å²) in [7, 11) is 1.66. The van der Waals surface area contributed by atoms with E-state index in [1.165, 1.54) is 5.56 Å². The van der Waals surface area contributed by atoms with E-state index in [2.05, 4.69) is 31.8 Å². The van der Waals surface area contributed by atoms with E-state index >= 15 is 0 Å². The summed E-state index contributed by atoms with van der Waals surface area (Å²) in [6.07, 6.45) is 0.